The lowest BCUT2D eigenvalue weighted by Gasteiger charge is -2.50. The molecular weight excluding hydrogens is 598 g/mol. The number of carboxylic acid groups (broad SMARTS) is 1. The van der Waals surface area contributed by atoms with Crippen LogP contribution in [0.25, 0.3) is 5.65 Å². The van der Waals surface area contributed by atoms with Crippen LogP contribution < -0.4 is 32.2 Å². The van der Waals surface area contributed by atoms with Crippen molar-refractivity contribution in [2.24, 2.45) is 21.6 Å². The predicted molar refractivity (Wildman–Crippen MR) is 148 cm³/mol. The van der Waals surface area contributed by atoms with Crippen LogP contribution in [0.5, 0.6) is 0 Å². The zero-order valence-corrected chi connectivity index (χ0v) is 23.5. The van der Waals surface area contributed by atoms with Crippen LogP contribution >= 0.6 is 34.7 Å². The summed E-state index contributed by atoms with van der Waals surface area (Å²) in [5, 5.41) is 26.4. The molecule has 41 heavy (non-hydrogen) atoms. The number of aryl methyl sites for hydroxylation is 1. The number of carbonyl (C=O) groups excluding carboxylic acids is 3. The van der Waals surface area contributed by atoms with Crippen LogP contribution in [0.4, 0.5) is 5.13 Å². The number of amides is 2. The van der Waals surface area contributed by atoms with Crippen molar-refractivity contribution in [3.63, 3.8) is 0 Å². The average molecular weight is 622 g/mol. The standard InChI is InChI=1S/C22H24ClN11O5S2/c23-16-12(29-22(26)41-16)13(30-39)17(35)28-14-18(36)34-15(20(37)38)10(9-40-19(14)34)8-32-5-2-11-31(6-7-33(11)32)4-1-3-27-21(24)25/h2,5-7,14,19H,1,3-4,8-9H2,(H8-,24,25,26,27,28,29,35,37,38,39)/t14-,19-/m1/s1. The summed E-state index contributed by atoms with van der Waals surface area (Å²) >= 11 is 8.19. The highest BCUT2D eigenvalue weighted by molar-refractivity contribution is 8.00. The number of nitrogens with zero attached hydrogens (tertiary/aromatic N) is 7. The maximum absolute atomic E-state index is 13.1. The first kappa shape index (κ1) is 28.2. The third kappa shape index (κ3) is 5.27. The molecule has 216 valence electrons. The van der Waals surface area contributed by atoms with E-state index in [2.05, 4.69) is 20.4 Å². The fourth-order valence-corrected chi connectivity index (χ4v) is 6.93. The number of thioether (sulfide) groups is 1. The molecule has 2 amide bonds. The number of β-lactam (4-membered cyclic amide) rings is 1. The van der Waals surface area contributed by atoms with Crippen molar-refractivity contribution < 1.29 is 29.3 Å². The first-order valence-corrected chi connectivity index (χ1v) is 14.3. The number of anilines is 1. The van der Waals surface area contributed by atoms with Gasteiger partial charge in [-0.1, -0.05) is 28.1 Å². The molecule has 0 aliphatic carbocycles. The number of rotatable bonds is 10. The van der Waals surface area contributed by atoms with Gasteiger partial charge in [0, 0.05) is 24.8 Å². The smallest absolute Gasteiger partial charge is 0.306 e. The van der Waals surface area contributed by atoms with Crippen molar-refractivity contribution in [2.75, 3.05) is 18.0 Å². The summed E-state index contributed by atoms with van der Waals surface area (Å²) in [6, 6.07) is 0.817. The third-order valence-corrected chi connectivity index (χ3v) is 8.89. The molecule has 19 heteroatoms. The van der Waals surface area contributed by atoms with E-state index in [-0.39, 0.29) is 39.1 Å². The van der Waals surface area contributed by atoms with Gasteiger partial charge in [-0.3, -0.25) is 19.5 Å². The zero-order valence-electron chi connectivity index (χ0n) is 21.1. The van der Waals surface area contributed by atoms with Gasteiger partial charge >= 0.3 is 5.65 Å². The molecule has 3 aromatic heterocycles. The van der Waals surface area contributed by atoms with Crippen molar-refractivity contribution in [3.05, 3.63) is 46.0 Å². The van der Waals surface area contributed by atoms with Crippen LogP contribution in [-0.2, 0) is 27.5 Å². The maximum Gasteiger partial charge on any atom is 0.306 e. The molecule has 0 aromatic carbocycles. The van der Waals surface area contributed by atoms with Gasteiger partial charge < -0.3 is 37.6 Å². The molecule has 0 radical (unpaired) electrons. The molecule has 1 fully saturated rings. The number of carboxylic acids is 1. The number of hydrogen-bond donors (Lipinski definition) is 5. The number of guanidine groups is 1. The first-order chi connectivity index (χ1) is 19.6. The molecule has 1 saturated heterocycles. The molecule has 8 N–H and O–H groups in total. The number of nitrogens with two attached hydrogens (primary N) is 3. The summed E-state index contributed by atoms with van der Waals surface area (Å²) in [4.78, 5) is 47.0. The summed E-state index contributed by atoms with van der Waals surface area (Å²) in [6.45, 7) is 1.34. The SMILES string of the molecule is NC(N)=NCCC[n+]1ccn2c1ccn2CC1=C(C(=O)[O-])N2C(=O)[C@@H](NC(=O)/C(=N\O)c3nc(N)sc3Cl)[C@H]2SC1. The van der Waals surface area contributed by atoms with E-state index in [1.54, 1.807) is 0 Å². The number of nitrogens with one attached hydrogen (secondary N) is 1. The van der Waals surface area contributed by atoms with Crippen LogP contribution in [0, 0.1) is 0 Å². The van der Waals surface area contributed by atoms with Crippen LogP contribution in [0.1, 0.15) is 12.1 Å². The number of aromatic nitrogens is 4. The highest BCUT2D eigenvalue weighted by Crippen LogP contribution is 2.40. The van der Waals surface area contributed by atoms with Gasteiger partial charge in [0.2, 0.25) is 0 Å². The second-order valence-corrected chi connectivity index (χ2v) is 11.7. The van der Waals surface area contributed by atoms with E-state index >= 15 is 0 Å². The lowest BCUT2D eigenvalue weighted by Crippen LogP contribution is -2.71. The van der Waals surface area contributed by atoms with Crippen LogP contribution in [0.15, 0.2) is 46.1 Å². The second-order valence-electron chi connectivity index (χ2n) is 8.99. The van der Waals surface area contributed by atoms with Gasteiger partial charge in [-0.05, 0) is 5.57 Å². The monoisotopic (exact) mass is 621 g/mol. The van der Waals surface area contributed by atoms with Gasteiger partial charge in [0.05, 0.1) is 31.0 Å². The largest absolute Gasteiger partial charge is 0.543 e. The van der Waals surface area contributed by atoms with E-state index < -0.39 is 34.9 Å². The quantitative estimate of drug-likeness (QED) is 0.0307. The van der Waals surface area contributed by atoms with E-state index in [1.165, 1.54) is 11.8 Å². The Morgan fingerprint density at radius 2 is 2.12 bits per heavy atom. The summed E-state index contributed by atoms with van der Waals surface area (Å²) < 4.78 is 5.73. The molecule has 2 atom stereocenters. The number of aliphatic imine (C=N–C) groups is 1. The molecule has 0 spiro atoms. The van der Waals surface area contributed by atoms with Crippen LogP contribution in [0.3, 0.4) is 0 Å². The van der Waals surface area contributed by atoms with Crippen LogP contribution in [-0.4, -0.2) is 77.5 Å². The molecule has 0 unspecified atom stereocenters. The molecule has 0 bridgehead atoms. The molecule has 5 heterocycles. The summed E-state index contributed by atoms with van der Waals surface area (Å²) in [5.74, 6) is -2.77. The van der Waals surface area contributed by atoms with Crippen molar-refractivity contribution >= 4 is 74.9 Å². The third-order valence-electron chi connectivity index (χ3n) is 6.46. The lowest BCUT2D eigenvalue weighted by atomic mass is 10.0. The fraction of sp³-hybridized carbons (Fsp3) is 0.318. The van der Waals surface area contributed by atoms with Crippen molar-refractivity contribution in [1.29, 1.82) is 0 Å². The van der Waals surface area contributed by atoms with Gasteiger partial charge in [-0.25, -0.2) is 14.2 Å². The summed E-state index contributed by atoms with van der Waals surface area (Å²) in [5.41, 5.74) is 16.8. The van der Waals surface area contributed by atoms with Crippen LogP contribution in [0.2, 0.25) is 4.34 Å². The molecule has 5 rings (SSSR count). The fourth-order valence-electron chi connectivity index (χ4n) is 4.67. The number of carbonyl (C=O) groups is 3. The van der Waals surface area contributed by atoms with E-state index in [4.69, 9.17) is 28.8 Å². The Balaban J connectivity index is 1.31. The summed E-state index contributed by atoms with van der Waals surface area (Å²) in [6.07, 6.45) is 6.27. The Hall–Kier alpha value is -4.29. The Kier molecular flexibility index (Phi) is 7.78. The van der Waals surface area contributed by atoms with E-state index in [1.807, 2.05) is 38.4 Å². The average Bonchev–Trinajstić information content (AvgIpc) is 3.61. The molecule has 16 nitrogen and oxygen atoms in total. The van der Waals surface area contributed by atoms with Gasteiger partial charge in [0.1, 0.15) is 27.6 Å². The maximum atomic E-state index is 13.1. The predicted octanol–water partition coefficient (Wildman–Crippen LogP) is -2.33. The molecule has 0 saturated carbocycles. The minimum absolute atomic E-state index is 0.0316. The Morgan fingerprint density at radius 1 is 1.34 bits per heavy atom. The van der Waals surface area contributed by atoms with Gasteiger partial charge in [0.15, 0.2) is 23.0 Å². The minimum Gasteiger partial charge on any atom is -0.543 e. The first-order valence-electron chi connectivity index (χ1n) is 12.0. The van der Waals surface area contributed by atoms with E-state index in [9.17, 15) is 24.7 Å². The number of oxime groups is 1. The van der Waals surface area contributed by atoms with Gasteiger partial charge in [0.25, 0.3) is 11.8 Å². The molecule has 2 aliphatic heterocycles. The number of aliphatic carboxylic acids is 1. The highest BCUT2D eigenvalue weighted by atomic mass is 35.5. The van der Waals surface area contributed by atoms with E-state index in [0.29, 0.717) is 18.7 Å². The Morgan fingerprint density at radius 3 is 2.78 bits per heavy atom. The number of fused-ring (bicyclic) bond motifs is 2. The van der Waals surface area contributed by atoms with E-state index in [0.717, 1.165) is 28.3 Å². The van der Waals surface area contributed by atoms with Crippen molar-refractivity contribution in [3.8, 4) is 0 Å². The number of hydrogen-bond acceptors (Lipinski definition) is 11. The highest BCUT2D eigenvalue weighted by Gasteiger charge is 2.53. The number of halogens is 1. The van der Waals surface area contributed by atoms with Gasteiger partial charge in [-0.15, -0.1) is 16.3 Å². The zero-order chi connectivity index (χ0) is 29.4. The van der Waals surface area contributed by atoms with Crippen molar-refractivity contribution in [1.82, 2.24) is 24.4 Å². The molecule has 2 aliphatic rings. The minimum atomic E-state index is -1.50. The topological polar surface area (TPSA) is 239 Å². The molecule has 3 aromatic rings. The number of thiazole rings is 1. The lowest BCUT2D eigenvalue weighted by molar-refractivity contribution is -0.671. The normalized spacial score (nSPS) is 18.8. The second kappa shape index (κ2) is 11.3. The van der Waals surface area contributed by atoms with Gasteiger partial charge in [-0.2, -0.15) is 0 Å². The summed E-state index contributed by atoms with van der Waals surface area (Å²) in [7, 11) is 0. The number of imidazole rings is 1. The number of nitrogen functional groups attached to an aromatic ring is 1. The van der Waals surface area contributed by atoms with Crippen molar-refractivity contribution in [2.45, 2.75) is 30.9 Å². The molecular formula is C22H24ClN11O5S2. The Bertz CT molecular complexity index is 1640. The Labute approximate surface area is 244 Å².